The van der Waals surface area contributed by atoms with Crippen LogP contribution in [0.1, 0.15) is 11.4 Å². The third-order valence-electron chi connectivity index (χ3n) is 2.89. The number of imidazole rings is 1. The van der Waals surface area contributed by atoms with E-state index in [0.717, 1.165) is 17.6 Å². The Bertz CT molecular complexity index is 917. The summed E-state index contributed by atoms with van der Waals surface area (Å²) in [5.41, 5.74) is 2.13. The first kappa shape index (κ1) is 14.9. The summed E-state index contributed by atoms with van der Waals surface area (Å²) >= 11 is 5.93. The number of hydrogen-bond donors (Lipinski definition) is 1. The van der Waals surface area contributed by atoms with E-state index in [1.807, 2.05) is 16.7 Å². The molecule has 1 N–H and O–H groups in total. The number of aromatic nitrogens is 5. The van der Waals surface area contributed by atoms with Crippen LogP contribution in [0.25, 0.3) is 5.65 Å². The molecule has 0 spiro atoms. The predicted molar refractivity (Wildman–Crippen MR) is 81.0 cm³/mol. The van der Waals surface area contributed by atoms with Crippen molar-refractivity contribution in [1.82, 2.24) is 29.1 Å². The van der Waals surface area contributed by atoms with Crippen molar-refractivity contribution < 1.29 is 8.42 Å². The van der Waals surface area contributed by atoms with E-state index in [0.29, 0.717) is 17.3 Å². The van der Waals surface area contributed by atoms with Crippen LogP contribution in [0.4, 0.5) is 0 Å². The summed E-state index contributed by atoms with van der Waals surface area (Å²) in [6.45, 7) is 0.546. The van der Waals surface area contributed by atoms with E-state index in [2.05, 4.69) is 20.0 Å². The minimum atomic E-state index is -3.25. The van der Waals surface area contributed by atoms with E-state index in [1.165, 1.54) is 0 Å². The lowest BCUT2D eigenvalue weighted by atomic mass is 10.4. The molecule has 0 saturated carbocycles. The van der Waals surface area contributed by atoms with Gasteiger partial charge in [0.2, 0.25) is 10.0 Å². The molecule has 0 amide bonds. The van der Waals surface area contributed by atoms with Crippen LogP contribution in [0.3, 0.4) is 0 Å². The molecule has 116 valence electrons. The fraction of sp³-hybridized carbons (Fsp3) is 0.250. The minimum Gasteiger partial charge on any atom is -0.305 e. The zero-order chi connectivity index (χ0) is 15.7. The Kier molecular flexibility index (Phi) is 3.85. The molecule has 0 aliphatic rings. The SMILES string of the molecule is CS(=O)(=O)NCc1cn(Cc2cn3cc(Cl)ccc3n2)nn1. The summed E-state index contributed by atoms with van der Waals surface area (Å²) in [4.78, 5) is 4.45. The number of nitrogens with one attached hydrogen (secondary N) is 1. The molecule has 0 radical (unpaired) electrons. The molecule has 3 aromatic heterocycles. The molecule has 3 heterocycles. The van der Waals surface area contributed by atoms with Crippen LogP contribution in [0.5, 0.6) is 0 Å². The Balaban J connectivity index is 1.73. The van der Waals surface area contributed by atoms with Crippen molar-refractivity contribution in [3.63, 3.8) is 0 Å². The predicted octanol–water partition coefficient (Wildman–Crippen LogP) is 0.677. The molecule has 0 aliphatic carbocycles. The Morgan fingerprint density at radius 1 is 1.23 bits per heavy atom. The van der Waals surface area contributed by atoms with Gasteiger partial charge in [0.15, 0.2) is 0 Å². The first-order valence-electron chi connectivity index (χ1n) is 6.36. The van der Waals surface area contributed by atoms with E-state index < -0.39 is 10.0 Å². The smallest absolute Gasteiger partial charge is 0.209 e. The van der Waals surface area contributed by atoms with Crippen molar-refractivity contribution >= 4 is 27.3 Å². The summed E-state index contributed by atoms with van der Waals surface area (Å²) in [6, 6.07) is 3.60. The van der Waals surface area contributed by atoms with Gasteiger partial charge in [0, 0.05) is 12.4 Å². The molecule has 22 heavy (non-hydrogen) atoms. The van der Waals surface area contributed by atoms with Gasteiger partial charge in [0.1, 0.15) is 5.65 Å². The molecular weight excluding hydrogens is 328 g/mol. The van der Waals surface area contributed by atoms with Gasteiger partial charge in [-0.05, 0) is 12.1 Å². The number of nitrogens with zero attached hydrogens (tertiary/aromatic N) is 5. The second-order valence-electron chi connectivity index (χ2n) is 4.85. The van der Waals surface area contributed by atoms with E-state index >= 15 is 0 Å². The molecule has 0 atom stereocenters. The van der Waals surface area contributed by atoms with Crippen molar-refractivity contribution in [3.8, 4) is 0 Å². The Labute approximate surface area is 131 Å². The molecule has 0 aliphatic heterocycles. The fourth-order valence-electron chi connectivity index (χ4n) is 1.96. The minimum absolute atomic E-state index is 0.111. The maximum atomic E-state index is 11.0. The van der Waals surface area contributed by atoms with E-state index in [1.54, 1.807) is 23.1 Å². The van der Waals surface area contributed by atoms with Gasteiger partial charge in [-0.15, -0.1) is 5.10 Å². The Morgan fingerprint density at radius 2 is 2.05 bits per heavy atom. The molecule has 3 rings (SSSR count). The third-order valence-corrected chi connectivity index (χ3v) is 3.78. The summed E-state index contributed by atoms with van der Waals surface area (Å²) in [5, 5.41) is 8.50. The van der Waals surface area contributed by atoms with Crippen molar-refractivity contribution in [2.75, 3.05) is 6.26 Å². The van der Waals surface area contributed by atoms with Crippen molar-refractivity contribution in [1.29, 1.82) is 0 Å². The number of hydrogen-bond acceptors (Lipinski definition) is 5. The molecule has 0 aromatic carbocycles. The summed E-state index contributed by atoms with van der Waals surface area (Å²) in [5.74, 6) is 0. The van der Waals surface area contributed by atoms with E-state index in [-0.39, 0.29) is 6.54 Å². The fourth-order valence-corrected chi connectivity index (χ4v) is 2.54. The normalized spacial score (nSPS) is 12.1. The number of pyridine rings is 1. The molecule has 0 saturated heterocycles. The Hall–Kier alpha value is -1.97. The Morgan fingerprint density at radius 3 is 2.82 bits per heavy atom. The van der Waals surface area contributed by atoms with Crippen LogP contribution in [0.2, 0.25) is 5.02 Å². The summed E-state index contributed by atoms with van der Waals surface area (Å²) < 4.78 is 27.9. The lowest BCUT2D eigenvalue weighted by Crippen LogP contribution is -2.21. The van der Waals surface area contributed by atoms with Gasteiger partial charge in [-0.25, -0.2) is 22.8 Å². The van der Waals surface area contributed by atoms with Gasteiger partial charge in [0.05, 0.1) is 42.0 Å². The van der Waals surface area contributed by atoms with Gasteiger partial charge in [-0.3, -0.25) is 0 Å². The van der Waals surface area contributed by atoms with Crippen molar-refractivity contribution in [3.05, 3.63) is 47.1 Å². The number of fused-ring (bicyclic) bond motifs is 1. The highest BCUT2D eigenvalue weighted by molar-refractivity contribution is 7.88. The largest absolute Gasteiger partial charge is 0.305 e. The van der Waals surface area contributed by atoms with Crippen molar-refractivity contribution in [2.24, 2.45) is 0 Å². The number of halogens is 1. The first-order chi connectivity index (χ1) is 10.4. The average Bonchev–Trinajstić information content (AvgIpc) is 3.02. The average molecular weight is 341 g/mol. The van der Waals surface area contributed by atoms with Crippen LogP contribution in [-0.2, 0) is 23.1 Å². The standard InChI is InChI=1S/C12H13ClN6O2S/c1-22(20,21)14-4-10-7-19(17-16-10)8-11-6-18-5-9(13)2-3-12(18)15-11/h2-3,5-7,14H,4,8H2,1H3. The molecule has 0 bridgehead atoms. The topological polar surface area (TPSA) is 94.2 Å². The van der Waals surface area contributed by atoms with Gasteiger partial charge in [0.25, 0.3) is 0 Å². The van der Waals surface area contributed by atoms with Gasteiger partial charge >= 0.3 is 0 Å². The van der Waals surface area contributed by atoms with E-state index in [4.69, 9.17) is 11.6 Å². The van der Waals surface area contributed by atoms with Crippen LogP contribution >= 0.6 is 11.6 Å². The van der Waals surface area contributed by atoms with Gasteiger partial charge in [-0.1, -0.05) is 16.8 Å². The summed E-state index contributed by atoms with van der Waals surface area (Å²) in [6.07, 6.45) is 6.40. The van der Waals surface area contributed by atoms with Crippen LogP contribution < -0.4 is 4.72 Å². The highest BCUT2D eigenvalue weighted by Crippen LogP contribution is 2.12. The maximum Gasteiger partial charge on any atom is 0.209 e. The molecule has 0 unspecified atom stereocenters. The van der Waals surface area contributed by atoms with Crippen molar-refractivity contribution in [2.45, 2.75) is 13.1 Å². The monoisotopic (exact) mass is 340 g/mol. The molecular formula is C12H13ClN6O2S. The zero-order valence-electron chi connectivity index (χ0n) is 11.6. The second-order valence-corrected chi connectivity index (χ2v) is 7.12. The highest BCUT2D eigenvalue weighted by atomic mass is 35.5. The first-order valence-corrected chi connectivity index (χ1v) is 8.63. The molecule has 10 heteroatoms. The second kappa shape index (κ2) is 5.67. The third kappa shape index (κ3) is 3.62. The van der Waals surface area contributed by atoms with Crippen LogP contribution in [0, 0.1) is 0 Å². The quantitative estimate of drug-likeness (QED) is 0.737. The molecule has 8 nitrogen and oxygen atoms in total. The lowest BCUT2D eigenvalue weighted by Gasteiger charge is -1.97. The highest BCUT2D eigenvalue weighted by Gasteiger charge is 2.07. The lowest BCUT2D eigenvalue weighted by molar-refractivity contribution is 0.586. The summed E-state index contributed by atoms with van der Waals surface area (Å²) in [7, 11) is -3.25. The van der Waals surface area contributed by atoms with Gasteiger partial charge in [-0.2, -0.15) is 0 Å². The number of rotatable bonds is 5. The van der Waals surface area contributed by atoms with Crippen LogP contribution in [0.15, 0.2) is 30.7 Å². The molecule has 0 fully saturated rings. The van der Waals surface area contributed by atoms with E-state index in [9.17, 15) is 8.42 Å². The maximum absolute atomic E-state index is 11.0. The molecule has 3 aromatic rings. The zero-order valence-corrected chi connectivity index (χ0v) is 13.2. The van der Waals surface area contributed by atoms with Crippen LogP contribution in [-0.4, -0.2) is 39.1 Å². The van der Waals surface area contributed by atoms with Gasteiger partial charge < -0.3 is 4.40 Å². The number of sulfonamides is 1.